The molecule has 0 aromatic heterocycles. The number of hydrogen-bond acceptors (Lipinski definition) is 6. The van der Waals surface area contributed by atoms with Gasteiger partial charge in [0.1, 0.15) is 0 Å². The zero-order valence-electron chi connectivity index (χ0n) is 13.6. The van der Waals surface area contributed by atoms with Gasteiger partial charge in [-0.25, -0.2) is 22.7 Å². The summed E-state index contributed by atoms with van der Waals surface area (Å²) in [5.41, 5.74) is 0. The number of hydrogen-bond donors (Lipinski definition) is 4. The highest BCUT2D eigenvalue weighted by molar-refractivity contribution is 7.90. The lowest BCUT2D eigenvalue weighted by Crippen LogP contribution is -2.49. The highest BCUT2D eigenvalue weighted by Gasteiger charge is 2.25. The Labute approximate surface area is 153 Å². The van der Waals surface area contributed by atoms with Crippen molar-refractivity contribution in [2.24, 2.45) is 0 Å². The van der Waals surface area contributed by atoms with Gasteiger partial charge in [-0.3, -0.25) is 8.93 Å². The molecule has 4 N–H and O–H groups in total. The normalized spacial score (nSPS) is 21.3. The molecule has 1 unspecified atom stereocenters. The van der Waals surface area contributed by atoms with Gasteiger partial charge in [-0.1, -0.05) is 18.2 Å². The number of rotatable bonds is 5. The molecule has 1 aliphatic carbocycles. The molecule has 144 valence electrons. The lowest BCUT2D eigenvalue weighted by molar-refractivity contribution is 0.226. The minimum absolute atomic E-state index is 0.00942. The minimum atomic E-state index is -3.93. The summed E-state index contributed by atoms with van der Waals surface area (Å²) in [6.45, 7) is 0. The van der Waals surface area contributed by atoms with Gasteiger partial charge in [0, 0.05) is 23.4 Å². The maximum atomic E-state index is 12.1. The van der Waals surface area contributed by atoms with Crippen molar-refractivity contribution in [3.8, 4) is 0 Å². The van der Waals surface area contributed by atoms with Crippen molar-refractivity contribution in [1.29, 1.82) is 0 Å². The van der Waals surface area contributed by atoms with E-state index in [2.05, 4.69) is 10.6 Å². The quantitative estimate of drug-likeness (QED) is 0.510. The SMILES string of the molecule is O=C(NC1CCC(NC(=O)NS(=O)(=O)c2ccccc2)CC1)NS(=O)[O-]. The van der Waals surface area contributed by atoms with E-state index < -0.39 is 33.4 Å². The van der Waals surface area contributed by atoms with Crippen molar-refractivity contribution in [3.63, 3.8) is 0 Å². The van der Waals surface area contributed by atoms with Crippen LogP contribution in [-0.2, 0) is 21.3 Å². The van der Waals surface area contributed by atoms with Crippen LogP contribution in [0.2, 0.25) is 0 Å². The van der Waals surface area contributed by atoms with Gasteiger partial charge in [-0.2, -0.15) is 0 Å². The zero-order valence-corrected chi connectivity index (χ0v) is 15.3. The molecular weight excluding hydrogens is 384 g/mol. The van der Waals surface area contributed by atoms with E-state index >= 15 is 0 Å². The van der Waals surface area contributed by atoms with E-state index in [-0.39, 0.29) is 17.0 Å². The summed E-state index contributed by atoms with van der Waals surface area (Å²) in [5.74, 6) is 0. The largest absolute Gasteiger partial charge is 0.755 e. The highest BCUT2D eigenvalue weighted by Crippen LogP contribution is 2.18. The van der Waals surface area contributed by atoms with E-state index in [1.165, 1.54) is 12.1 Å². The molecule has 0 heterocycles. The van der Waals surface area contributed by atoms with Crippen molar-refractivity contribution in [2.45, 2.75) is 42.7 Å². The first-order valence-corrected chi connectivity index (χ1v) is 10.4. The van der Waals surface area contributed by atoms with E-state index in [0.29, 0.717) is 25.7 Å². The third-order valence-electron chi connectivity index (χ3n) is 3.85. The minimum Gasteiger partial charge on any atom is -0.755 e. The van der Waals surface area contributed by atoms with E-state index in [0.717, 1.165) is 0 Å². The lowest BCUT2D eigenvalue weighted by Gasteiger charge is -2.29. The van der Waals surface area contributed by atoms with Crippen LogP contribution in [0, 0.1) is 0 Å². The Morgan fingerprint density at radius 3 is 1.96 bits per heavy atom. The molecule has 1 saturated carbocycles. The van der Waals surface area contributed by atoms with Crippen LogP contribution in [-0.4, -0.2) is 41.3 Å². The fraction of sp³-hybridized carbons (Fsp3) is 0.429. The lowest BCUT2D eigenvalue weighted by atomic mass is 9.91. The van der Waals surface area contributed by atoms with E-state index in [9.17, 15) is 26.8 Å². The topological polar surface area (TPSA) is 157 Å². The number of carbonyl (C=O) groups is 2. The van der Waals surface area contributed by atoms with Crippen LogP contribution >= 0.6 is 0 Å². The first-order valence-electron chi connectivity index (χ1n) is 7.81. The number of amides is 4. The molecule has 0 saturated heterocycles. The number of urea groups is 2. The predicted octanol–water partition coefficient (Wildman–Crippen LogP) is 0.0790. The molecule has 4 amide bonds. The molecule has 1 aromatic carbocycles. The summed E-state index contributed by atoms with van der Waals surface area (Å²) in [5, 5.41) is 5.11. The molecule has 1 aliphatic rings. The molecule has 0 aliphatic heterocycles. The Hall–Kier alpha value is -2.18. The number of carbonyl (C=O) groups excluding carboxylic acids is 2. The molecule has 12 heteroatoms. The fourth-order valence-electron chi connectivity index (χ4n) is 2.67. The Kier molecular flexibility index (Phi) is 6.94. The number of benzene rings is 1. The maximum Gasteiger partial charge on any atom is 0.328 e. The monoisotopic (exact) mass is 403 g/mol. The second-order valence-corrected chi connectivity index (χ2v) is 8.11. The van der Waals surface area contributed by atoms with E-state index in [1.54, 1.807) is 22.9 Å². The van der Waals surface area contributed by atoms with Crippen molar-refractivity contribution in [3.05, 3.63) is 30.3 Å². The van der Waals surface area contributed by atoms with Gasteiger partial charge in [-0.05, 0) is 37.8 Å². The third kappa shape index (κ3) is 6.28. The molecule has 2 rings (SSSR count). The third-order valence-corrected chi connectivity index (χ3v) is 5.55. The zero-order chi connectivity index (χ0) is 19.2. The second kappa shape index (κ2) is 8.96. The fourth-order valence-corrected chi connectivity index (χ4v) is 3.81. The Bertz CT molecular complexity index is 763. The smallest absolute Gasteiger partial charge is 0.328 e. The molecule has 0 spiro atoms. The van der Waals surface area contributed by atoms with Crippen LogP contribution in [0.15, 0.2) is 35.2 Å². The summed E-state index contributed by atoms with van der Waals surface area (Å²) < 4.78 is 48.5. The first-order chi connectivity index (χ1) is 12.3. The Balaban J connectivity index is 1.78. The molecule has 1 atom stereocenters. The molecular formula is C14H19N4O6S2-. The van der Waals surface area contributed by atoms with Crippen LogP contribution in [0.25, 0.3) is 0 Å². The summed E-state index contributed by atoms with van der Waals surface area (Å²) in [7, 11) is -3.93. The summed E-state index contributed by atoms with van der Waals surface area (Å²) in [6, 6.07) is 5.47. The van der Waals surface area contributed by atoms with Gasteiger partial charge in [0.25, 0.3) is 10.0 Å². The first kappa shape index (κ1) is 20.1. The van der Waals surface area contributed by atoms with Crippen molar-refractivity contribution < 1.29 is 26.8 Å². The van der Waals surface area contributed by atoms with Crippen LogP contribution in [0.1, 0.15) is 25.7 Å². The number of nitrogens with one attached hydrogen (secondary N) is 4. The molecule has 1 aromatic rings. The van der Waals surface area contributed by atoms with Gasteiger partial charge >= 0.3 is 12.1 Å². The van der Waals surface area contributed by atoms with Crippen LogP contribution in [0.4, 0.5) is 9.59 Å². The predicted molar refractivity (Wildman–Crippen MR) is 91.9 cm³/mol. The average molecular weight is 403 g/mol. The molecule has 10 nitrogen and oxygen atoms in total. The van der Waals surface area contributed by atoms with Crippen molar-refractivity contribution in [2.75, 3.05) is 0 Å². The summed E-state index contributed by atoms with van der Waals surface area (Å²) in [4.78, 5) is 23.2. The standard InChI is InChI=1S/C14H20N4O6S2/c19-13(17-25(21)22)15-10-6-8-11(9-7-10)16-14(20)18-26(23,24)12-4-2-1-3-5-12/h1-5,10-11H,6-9H2,(H,21,22)(H2,15,17,19)(H2,16,18,20)/p-1. The van der Waals surface area contributed by atoms with Crippen molar-refractivity contribution >= 4 is 33.4 Å². The van der Waals surface area contributed by atoms with E-state index in [1.807, 2.05) is 4.72 Å². The van der Waals surface area contributed by atoms with Gasteiger partial charge < -0.3 is 15.2 Å². The average Bonchev–Trinajstić information content (AvgIpc) is 2.56. The number of sulfonamides is 1. The highest BCUT2D eigenvalue weighted by atomic mass is 32.2. The van der Waals surface area contributed by atoms with Crippen LogP contribution in [0.5, 0.6) is 0 Å². The van der Waals surface area contributed by atoms with Crippen LogP contribution < -0.4 is 20.1 Å². The molecule has 26 heavy (non-hydrogen) atoms. The van der Waals surface area contributed by atoms with Gasteiger partial charge in [0.05, 0.1) is 4.90 Å². The summed E-state index contributed by atoms with van der Waals surface area (Å²) in [6.07, 6.45) is 2.08. The van der Waals surface area contributed by atoms with Gasteiger partial charge in [-0.15, -0.1) is 0 Å². The van der Waals surface area contributed by atoms with Gasteiger partial charge in [0.15, 0.2) is 0 Å². The summed E-state index contributed by atoms with van der Waals surface area (Å²) >= 11 is -2.67. The van der Waals surface area contributed by atoms with E-state index in [4.69, 9.17) is 0 Å². The Morgan fingerprint density at radius 2 is 1.46 bits per heavy atom. The maximum absolute atomic E-state index is 12.1. The Morgan fingerprint density at radius 1 is 0.962 bits per heavy atom. The molecule has 0 bridgehead atoms. The van der Waals surface area contributed by atoms with Gasteiger partial charge in [0.2, 0.25) is 0 Å². The van der Waals surface area contributed by atoms with Crippen LogP contribution in [0.3, 0.4) is 0 Å². The molecule has 0 radical (unpaired) electrons. The molecule has 1 fully saturated rings. The van der Waals surface area contributed by atoms with Crippen molar-refractivity contribution in [1.82, 2.24) is 20.1 Å². The second-order valence-electron chi connectivity index (χ2n) is 5.75.